The van der Waals surface area contributed by atoms with Crippen molar-refractivity contribution in [2.75, 3.05) is 0 Å². The van der Waals surface area contributed by atoms with Gasteiger partial charge in [0.2, 0.25) is 5.91 Å². The maximum Gasteiger partial charge on any atom is 0.270 e. The van der Waals surface area contributed by atoms with Crippen LogP contribution in [0.4, 0.5) is 5.69 Å². The van der Waals surface area contributed by atoms with Crippen molar-refractivity contribution in [1.29, 1.82) is 0 Å². The molecule has 0 saturated heterocycles. The van der Waals surface area contributed by atoms with Crippen LogP contribution in [0.1, 0.15) is 28.2 Å². The maximum absolute atomic E-state index is 12.0. The second-order valence-electron chi connectivity index (χ2n) is 5.74. The van der Waals surface area contributed by atoms with Gasteiger partial charge in [0.05, 0.1) is 20.1 Å². The number of amides is 2. The zero-order valence-electron chi connectivity index (χ0n) is 14.2. The number of non-ortho nitro benzene ring substituents is 1. The summed E-state index contributed by atoms with van der Waals surface area (Å²) in [5.74, 6) is -0.951. The fraction of sp³-hybridized carbons (Fsp3) is 0.167. The van der Waals surface area contributed by atoms with Gasteiger partial charge in [0.25, 0.3) is 11.6 Å². The molecule has 2 amide bonds. The third-order valence-corrected chi connectivity index (χ3v) is 4.86. The highest BCUT2D eigenvalue weighted by atomic mass is 32.1. The van der Waals surface area contributed by atoms with Gasteiger partial charge in [-0.25, -0.2) is 4.98 Å². The largest absolute Gasteiger partial charge is 0.273 e. The van der Waals surface area contributed by atoms with E-state index >= 15 is 0 Å². The first-order valence-corrected chi connectivity index (χ1v) is 9.02. The average molecular weight is 384 g/mol. The number of para-hydroxylation sites is 1. The molecule has 2 aromatic carbocycles. The van der Waals surface area contributed by atoms with E-state index in [0.717, 1.165) is 21.3 Å². The lowest BCUT2D eigenvalue weighted by Gasteiger charge is -2.07. The predicted octanol–water partition coefficient (Wildman–Crippen LogP) is 2.99. The van der Waals surface area contributed by atoms with Crippen molar-refractivity contribution < 1.29 is 14.5 Å². The number of benzene rings is 2. The molecule has 27 heavy (non-hydrogen) atoms. The van der Waals surface area contributed by atoms with Crippen molar-refractivity contribution in [2.24, 2.45) is 0 Å². The van der Waals surface area contributed by atoms with E-state index in [1.807, 2.05) is 24.3 Å². The number of hydrazine groups is 1. The van der Waals surface area contributed by atoms with Gasteiger partial charge in [0, 0.05) is 24.1 Å². The first-order valence-electron chi connectivity index (χ1n) is 8.21. The number of nitro benzene ring substituents is 1. The Balaban J connectivity index is 1.44. The van der Waals surface area contributed by atoms with Crippen LogP contribution >= 0.6 is 11.3 Å². The standard InChI is InChI=1S/C18H16N4O4S/c23-16(9-4-10-17-19-14-7-1-2-8-15(14)27-17)20-21-18(24)12-5-3-6-13(11-12)22(25)26/h1-3,5-8,11H,4,9-10H2,(H,20,23)(H,21,24). The summed E-state index contributed by atoms with van der Waals surface area (Å²) < 4.78 is 1.11. The molecular formula is C18H16N4O4S. The number of fused-ring (bicyclic) bond motifs is 1. The van der Waals surface area contributed by atoms with Crippen LogP contribution in [-0.2, 0) is 11.2 Å². The first-order chi connectivity index (χ1) is 13.0. The van der Waals surface area contributed by atoms with E-state index in [1.165, 1.54) is 18.2 Å². The molecule has 3 aromatic rings. The van der Waals surface area contributed by atoms with Gasteiger partial charge in [-0.3, -0.25) is 30.6 Å². The summed E-state index contributed by atoms with van der Waals surface area (Å²) in [4.78, 5) is 38.5. The number of thiazole rings is 1. The second-order valence-corrected chi connectivity index (χ2v) is 6.85. The van der Waals surface area contributed by atoms with E-state index in [9.17, 15) is 19.7 Å². The molecule has 0 atom stereocenters. The van der Waals surface area contributed by atoms with E-state index in [0.29, 0.717) is 12.8 Å². The number of rotatable bonds is 6. The molecule has 138 valence electrons. The Morgan fingerprint density at radius 3 is 2.70 bits per heavy atom. The van der Waals surface area contributed by atoms with E-state index in [4.69, 9.17) is 0 Å². The number of hydrogen-bond acceptors (Lipinski definition) is 6. The van der Waals surface area contributed by atoms with Crippen LogP contribution in [0.15, 0.2) is 48.5 Å². The monoisotopic (exact) mass is 384 g/mol. The molecule has 0 spiro atoms. The minimum atomic E-state index is -0.613. The summed E-state index contributed by atoms with van der Waals surface area (Å²) in [7, 11) is 0. The highest BCUT2D eigenvalue weighted by Gasteiger charge is 2.12. The molecule has 1 aromatic heterocycles. The molecule has 2 N–H and O–H groups in total. The SMILES string of the molecule is O=C(CCCc1nc2ccccc2s1)NNC(=O)c1cccc([N+](=O)[O-])c1. The summed E-state index contributed by atoms with van der Waals surface area (Å²) in [5.41, 5.74) is 5.43. The highest BCUT2D eigenvalue weighted by Crippen LogP contribution is 2.22. The van der Waals surface area contributed by atoms with Crippen molar-refractivity contribution in [2.45, 2.75) is 19.3 Å². The predicted molar refractivity (Wildman–Crippen MR) is 101 cm³/mol. The van der Waals surface area contributed by atoms with Crippen LogP contribution < -0.4 is 10.9 Å². The van der Waals surface area contributed by atoms with E-state index in [-0.39, 0.29) is 23.6 Å². The van der Waals surface area contributed by atoms with E-state index in [1.54, 1.807) is 11.3 Å². The Morgan fingerprint density at radius 1 is 1.11 bits per heavy atom. The van der Waals surface area contributed by atoms with Crippen molar-refractivity contribution in [3.05, 3.63) is 69.2 Å². The molecule has 0 aliphatic rings. The number of carbonyl (C=O) groups is 2. The lowest BCUT2D eigenvalue weighted by molar-refractivity contribution is -0.384. The van der Waals surface area contributed by atoms with Crippen molar-refractivity contribution >= 4 is 39.1 Å². The number of hydrogen-bond donors (Lipinski definition) is 2. The Morgan fingerprint density at radius 2 is 1.93 bits per heavy atom. The topological polar surface area (TPSA) is 114 Å². The molecule has 0 bridgehead atoms. The third-order valence-electron chi connectivity index (χ3n) is 3.77. The van der Waals surface area contributed by atoms with Crippen LogP contribution in [0.2, 0.25) is 0 Å². The molecule has 0 aliphatic carbocycles. The van der Waals surface area contributed by atoms with Crippen LogP contribution in [0.25, 0.3) is 10.2 Å². The van der Waals surface area contributed by atoms with Crippen molar-refractivity contribution in [1.82, 2.24) is 15.8 Å². The van der Waals surface area contributed by atoms with Gasteiger partial charge in [-0.05, 0) is 31.0 Å². The smallest absolute Gasteiger partial charge is 0.270 e. The highest BCUT2D eigenvalue weighted by molar-refractivity contribution is 7.18. The molecule has 0 saturated carbocycles. The summed E-state index contributed by atoms with van der Waals surface area (Å²) in [6.07, 6.45) is 1.50. The molecule has 1 heterocycles. The lowest BCUT2D eigenvalue weighted by atomic mass is 10.2. The minimum Gasteiger partial charge on any atom is -0.273 e. The number of nitro groups is 1. The van der Waals surface area contributed by atoms with Crippen LogP contribution in [-0.4, -0.2) is 21.7 Å². The Hall–Kier alpha value is -3.33. The molecule has 0 fully saturated rings. The molecule has 0 unspecified atom stereocenters. The summed E-state index contributed by atoms with van der Waals surface area (Å²) in [5, 5.41) is 11.7. The molecular weight excluding hydrogens is 368 g/mol. The van der Waals surface area contributed by atoms with Crippen molar-refractivity contribution in [3.63, 3.8) is 0 Å². The summed E-state index contributed by atoms with van der Waals surface area (Å²) >= 11 is 1.60. The van der Waals surface area contributed by atoms with Gasteiger partial charge < -0.3 is 0 Å². The van der Waals surface area contributed by atoms with Gasteiger partial charge in [0.1, 0.15) is 0 Å². The Labute approximate surface area is 158 Å². The number of nitrogens with zero attached hydrogens (tertiary/aromatic N) is 2. The zero-order chi connectivity index (χ0) is 19.2. The van der Waals surface area contributed by atoms with E-state index in [2.05, 4.69) is 15.8 Å². The average Bonchev–Trinajstić information content (AvgIpc) is 3.09. The quantitative estimate of drug-likeness (QED) is 0.501. The molecule has 0 radical (unpaired) electrons. The number of aryl methyl sites for hydroxylation is 1. The van der Waals surface area contributed by atoms with Crippen LogP contribution in [0.3, 0.4) is 0 Å². The number of nitrogens with one attached hydrogen (secondary N) is 2. The summed E-state index contributed by atoms with van der Waals surface area (Å²) in [6, 6.07) is 13.1. The molecule has 0 aliphatic heterocycles. The zero-order valence-corrected chi connectivity index (χ0v) is 15.0. The van der Waals surface area contributed by atoms with E-state index < -0.39 is 10.8 Å². The van der Waals surface area contributed by atoms with Crippen LogP contribution in [0.5, 0.6) is 0 Å². The third kappa shape index (κ3) is 4.85. The number of carbonyl (C=O) groups excluding carboxylic acids is 2. The van der Waals surface area contributed by atoms with Crippen molar-refractivity contribution in [3.8, 4) is 0 Å². The first kappa shape index (κ1) is 18.5. The number of aromatic nitrogens is 1. The maximum atomic E-state index is 12.0. The Bertz CT molecular complexity index is 969. The van der Waals surface area contributed by atoms with Gasteiger partial charge >= 0.3 is 0 Å². The fourth-order valence-corrected chi connectivity index (χ4v) is 3.46. The van der Waals surface area contributed by atoms with Gasteiger partial charge in [-0.1, -0.05) is 18.2 Å². The lowest BCUT2D eigenvalue weighted by Crippen LogP contribution is -2.41. The molecule has 9 heteroatoms. The molecule has 8 nitrogen and oxygen atoms in total. The second kappa shape index (κ2) is 8.37. The van der Waals surface area contributed by atoms with Gasteiger partial charge in [-0.2, -0.15) is 0 Å². The fourth-order valence-electron chi connectivity index (χ4n) is 2.45. The molecule has 3 rings (SSSR count). The summed E-state index contributed by atoms with van der Waals surface area (Å²) in [6.45, 7) is 0. The van der Waals surface area contributed by atoms with Gasteiger partial charge in [0.15, 0.2) is 0 Å². The Kier molecular flexibility index (Phi) is 5.72. The van der Waals surface area contributed by atoms with Crippen LogP contribution in [0, 0.1) is 10.1 Å². The normalized spacial score (nSPS) is 10.5. The van der Waals surface area contributed by atoms with Gasteiger partial charge in [-0.15, -0.1) is 11.3 Å². The minimum absolute atomic E-state index is 0.0963.